The largest absolute Gasteiger partial charge is 0.493 e. The molecular weight excluding hydrogens is 455 g/mol. The molecule has 0 heterocycles. The molecular formula is C22H29FN2O5S2. The quantitative estimate of drug-likeness (QED) is 0.518. The van der Waals surface area contributed by atoms with E-state index in [-0.39, 0.29) is 21.1 Å². The van der Waals surface area contributed by atoms with Crippen LogP contribution in [0.25, 0.3) is 0 Å². The van der Waals surface area contributed by atoms with E-state index in [0.29, 0.717) is 18.0 Å². The summed E-state index contributed by atoms with van der Waals surface area (Å²) >= 11 is 1.69. The molecule has 0 unspecified atom stereocenters. The molecule has 0 atom stereocenters. The van der Waals surface area contributed by atoms with Crippen LogP contribution in [0.4, 0.5) is 10.1 Å². The number of halogens is 1. The van der Waals surface area contributed by atoms with Gasteiger partial charge in [-0.05, 0) is 36.4 Å². The van der Waals surface area contributed by atoms with Crippen LogP contribution in [0.3, 0.4) is 0 Å². The molecule has 0 aromatic heterocycles. The van der Waals surface area contributed by atoms with Crippen LogP contribution in [0.2, 0.25) is 0 Å². The highest BCUT2D eigenvalue weighted by molar-refractivity contribution is 8.00. The van der Waals surface area contributed by atoms with Crippen molar-refractivity contribution >= 4 is 33.4 Å². The standard InChI is InChI=1S/C22H29FN2O5S2/c1-22(2,3)31-13-12-24-21(26)15-25(17-8-6-16(23)7-9-17)32(27,28)18-10-11-19(29-4)20(14-18)30-5/h6-11,14H,12-13,15H2,1-5H3,(H,24,26). The molecule has 176 valence electrons. The normalized spacial score (nSPS) is 11.7. The summed E-state index contributed by atoms with van der Waals surface area (Å²) in [7, 11) is -1.32. The molecule has 2 rings (SSSR count). The fraction of sp³-hybridized carbons (Fsp3) is 0.409. The predicted octanol–water partition coefficient (Wildman–Crippen LogP) is 3.69. The van der Waals surface area contributed by atoms with Gasteiger partial charge in [-0.15, -0.1) is 0 Å². The van der Waals surface area contributed by atoms with Crippen molar-refractivity contribution in [2.75, 3.05) is 37.4 Å². The van der Waals surface area contributed by atoms with Crippen molar-refractivity contribution in [3.05, 3.63) is 48.3 Å². The Morgan fingerprint density at radius 1 is 1.06 bits per heavy atom. The highest BCUT2D eigenvalue weighted by Crippen LogP contribution is 2.32. The number of hydrogen-bond acceptors (Lipinski definition) is 6. The van der Waals surface area contributed by atoms with E-state index in [2.05, 4.69) is 26.1 Å². The van der Waals surface area contributed by atoms with Gasteiger partial charge in [0.25, 0.3) is 10.0 Å². The average Bonchev–Trinajstić information content (AvgIpc) is 2.74. The Hall–Kier alpha value is -2.46. The van der Waals surface area contributed by atoms with Gasteiger partial charge in [-0.2, -0.15) is 11.8 Å². The lowest BCUT2D eigenvalue weighted by molar-refractivity contribution is -0.119. The van der Waals surface area contributed by atoms with Gasteiger partial charge in [0.15, 0.2) is 11.5 Å². The van der Waals surface area contributed by atoms with Crippen LogP contribution < -0.4 is 19.1 Å². The lowest BCUT2D eigenvalue weighted by Gasteiger charge is -2.24. The molecule has 0 aliphatic carbocycles. The first-order chi connectivity index (χ1) is 15.0. The molecule has 0 aliphatic heterocycles. The molecule has 2 aromatic carbocycles. The third-order valence-corrected chi connectivity index (χ3v) is 7.35. The number of sulfonamides is 1. The van der Waals surface area contributed by atoms with Crippen LogP contribution in [0.15, 0.2) is 47.4 Å². The fourth-order valence-corrected chi connectivity index (χ4v) is 5.01. The van der Waals surface area contributed by atoms with Crippen molar-refractivity contribution in [1.82, 2.24) is 5.32 Å². The maximum absolute atomic E-state index is 13.4. The number of methoxy groups -OCH3 is 2. The van der Waals surface area contributed by atoms with Crippen molar-refractivity contribution in [2.24, 2.45) is 0 Å². The summed E-state index contributed by atoms with van der Waals surface area (Å²) in [6.07, 6.45) is 0. The van der Waals surface area contributed by atoms with Gasteiger partial charge in [0, 0.05) is 23.1 Å². The summed E-state index contributed by atoms with van der Waals surface area (Å²) in [6.45, 7) is 6.17. The SMILES string of the molecule is COc1ccc(S(=O)(=O)N(CC(=O)NCCSC(C)(C)C)c2ccc(F)cc2)cc1OC. The first-order valence-corrected chi connectivity index (χ1v) is 12.3. The van der Waals surface area contributed by atoms with Gasteiger partial charge in [-0.1, -0.05) is 20.8 Å². The monoisotopic (exact) mass is 484 g/mol. The van der Waals surface area contributed by atoms with Crippen LogP contribution in [0, 0.1) is 5.82 Å². The summed E-state index contributed by atoms with van der Waals surface area (Å²) in [5, 5.41) is 2.75. The van der Waals surface area contributed by atoms with E-state index in [1.165, 1.54) is 44.6 Å². The van der Waals surface area contributed by atoms with E-state index < -0.39 is 28.3 Å². The van der Waals surface area contributed by atoms with Gasteiger partial charge < -0.3 is 14.8 Å². The number of nitrogens with one attached hydrogen (secondary N) is 1. The van der Waals surface area contributed by atoms with Gasteiger partial charge in [0.1, 0.15) is 12.4 Å². The highest BCUT2D eigenvalue weighted by Gasteiger charge is 2.28. The number of rotatable bonds is 10. The molecule has 1 N–H and O–H groups in total. The smallest absolute Gasteiger partial charge is 0.264 e. The van der Waals surface area contributed by atoms with Crippen LogP contribution in [0.1, 0.15) is 20.8 Å². The van der Waals surface area contributed by atoms with E-state index in [0.717, 1.165) is 16.4 Å². The summed E-state index contributed by atoms with van der Waals surface area (Å²) in [6, 6.07) is 9.08. The molecule has 0 radical (unpaired) electrons. The number of benzene rings is 2. The third-order valence-electron chi connectivity index (χ3n) is 4.30. The topological polar surface area (TPSA) is 84.9 Å². The Kier molecular flexibility index (Phi) is 8.80. The first-order valence-electron chi connectivity index (χ1n) is 9.89. The van der Waals surface area contributed by atoms with E-state index in [1.54, 1.807) is 11.8 Å². The lowest BCUT2D eigenvalue weighted by atomic mass is 10.3. The molecule has 32 heavy (non-hydrogen) atoms. The molecule has 0 aliphatic rings. The van der Waals surface area contributed by atoms with Crippen molar-refractivity contribution < 1.29 is 27.1 Å². The fourth-order valence-electron chi connectivity index (χ4n) is 2.76. The zero-order chi connectivity index (χ0) is 23.9. The zero-order valence-corrected chi connectivity index (χ0v) is 20.5. The van der Waals surface area contributed by atoms with Crippen molar-refractivity contribution in [1.29, 1.82) is 0 Å². The molecule has 0 bridgehead atoms. The van der Waals surface area contributed by atoms with E-state index in [4.69, 9.17) is 9.47 Å². The Balaban J connectivity index is 2.31. The molecule has 2 aromatic rings. The summed E-state index contributed by atoms with van der Waals surface area (Å²) in [5.41, 5.74) is 0.167. The summed E-state index contributed by atoms with van der Waals surface area (Å²) in [5.74, 6) is 0.313. The highest BCUT2D eigenvalue weighted by atomic mass is 32.2. The maximum atomic E-state index is 13.4. The van der Waals surface area contributed by atoms with Crippen LogP contribution in [-0.2, 0) is 14.8 Å². The number of ether oxygens (including phenoxy) is 2. The van der Waals surface area contributed by atoms with Gasteiger partial charge in [-0.25, -0.2) is 12.8 Å². The third kappa shape index (κ3) is 7.03. The second-order valence-electron chi connectivity index (χ2n) is 7.82. The molecule has 0 saturated heterocycles. The Labute approximate surface area is 193 Å². The van der Waals surface area contributed by atoms with Crippen LogP contribution in [0.5, 0.6) is 11.5 Å². The van der Waals surface area contributed by atoms with Crippen molar-refractivity contribution in [3.63, 3.8) is 0 Å². The van der Waals surface area contributed by atoms with Crippen LogP contribution >= 0.6 is 11.8 Å². The van der Waals surface area contributed by atoms with Gasteiger partial charge >= 0.3 is 0 Å². The van der Waals surface area contributed by atoms with Crippen molar-refractivity contribution in [3.8, 4) is 11.5 Å². The Bertz CT molecular complexity index is 1020. The number of hydrogen-bond donors (Lipinski definition) is 1. The Morgan fingerprint density at radius 3 is 2.25 bits per heavy atom. The van der Waals surface area contributed by atoms with E-state index in [9.17, 15) is 17.6 Å². The first kappa shape index (κ1) is 25.8. The summed E-state index contributed by atoms with van der Waals surface area (Å²) < 4.78 is 51.7. The molecule has 10 heteroatoms. The van der Waals surface area contributed by atoms with Gasteiger partial charge in [-0.3, -0.25) is 9.10 Å². The molecule has 7 nitrogen and oxygen atoms in total. The van der Waals surface area contributed by atoms with Crippen molar-refractivity contribution in [2.45, 2.75) is 30.4 Å². The Morgan fingerprint density at radius 2 is 1.69 bits per heavy atom. The zero-order valence-electron chi connectivity index (χ0n) is 18.8. The number of amides is 1. The van der Waals surface area contributed by atoms with Gasteiger partial charge in [0.05, 0.1) is 24.8 Å². The molecule has 0 saturated carbocycles. The number of nitrogens with zero attached hydrogens (tertiary/aromatic N) is 1. The number of thioether (sulfide) groups is 1. The minimum Gasteiger partial charge on any atom is -0.493 e. The maximum Gasteiger partial charge on any atom is 0.264 e. The second-order valence-corrected chi connectivity index (χ2v) is 11.6. The minimum absolute atomic E-state index is 0.0572. The number of carbonyl (C=O) groups excluding carboxylic acids is 1. The summed E-state index contributed by atoms with van der Waals surface area (Å²) in [4.78, 5) is 12.5. The minimum atomic E-state index is -4.16. The second kappa shape index (κ2) is 10.9. The molecule has 0 fully saturated rings. The van der Waals surface area contributed by atoms with Gasteiger partial charge in [0.2, 0.25) is 5.91 Å². The number of anilines is 1. The number of carbonyl (C=O) groups is 1. The van der Waals surface area contributed by atoms with Crippen LogP contribution in [-0.4, -0.2) is 52.1 Å². The average molecular weight is 485 g/mol. The van der Waals surface area contributed by atoms with E-state index >= 15 is 0 Å². The van der Waals surface area contributed by atoms with E-state index in [1.807, 2.05) is 0 Å². The molecule has 1 amide bonds. The predicted molar refractivity (Wildman–Crippen MR) is 126 cm³/mol. The lowest BCUT2D eigenvalue weighted by Crippen LogP contribution is -2.41. The molecule has 0 spiro atoms.